The quantitative estimate of drug-likeness (QED) is 0.711. The van der Waals surface area contributed by atoms with E-state index in [4.69, 9.17) is 4.42 Å². The maximum atomic E-state index is 6.00. The van der Waals surface area contributed by atoms with Crippen LogP contribution in [0.4, 0.5) is 5.95 Å². The number of aromatic nitrogens is 3. The molecule has 3 heterocycles. The van der Waals surface area contributed by atoms with Crippen molar-refractivity contribution in [3.8, 4) is 11.6 Å². The lowest BCUT2D eigenvalue weighted by molar-refractivity contribution is 0.124. The summed E-state index contributed by atoms with van der Waals surface area (Å²) in [6.07, 6.45) is 4.13. The molecule has 142 valence electrons. The standard InChI is InChI=1S/C21H27N5O/c1-15-13-25(17-7-5-8-17)10-11-26(14-15)21-23-22-20(24(21)2)19-12-16-6-3-4-9-18(16)27-19/h3-4,6,9,12,15,17H,5,7-8,10-11,13-14H2,1-2H3. The summed E-state index contributed by atoms with van der Waals surface area (Å²) in [6.45, 7) is 6.68. The first-order valence-electron chi connectivity index (χ1n) is 10.1. The van der Waals surface area contributed by atoms with E-state index in [9.17, 15) is 0 Å². The van der Waals surface area contributed by atoms with E-state index < -0.39 is 0 Å². The average molecular weight is 365 g/mol. The van der Waals surface area contributed by atoms with E-state index in [0.717, 1.165) is 54.2 Å². The summed E-state index contributed by atoms with van der Waals surface area (Å²) in [6, 6.07) is 10.9. The molecule has 1 unspecified atom stereocenters. The fourth-order valence-corrected chi connectivity index (χ4v) is 4.43. The van der Waals surface area contributed by atoms with Gasteiger partial charge in [0, 0.05) is 44.7 Å². The number of para-hydroxylation sites is 1. The normalized spacial score (nSPS) is 22.1. The third kappa shape index (κ3) is 3.02. The van der Waals surface area contributed by atoms with Gasteiger partial charge in [-0.05, 0) is 30.9 Å². The third-order valence-electron chi connectivity index (χ3n) is 6.11. The smallest absolute Gasteiger partial charge is 0.227 e. The third-order valence-corrected chi connectivity index (χ3v) is 6.11. The lowest BCUT2D eigenvalue weighted by atomic mass is 9.91. The van der Waals surface area contributed by atoms with Crippen molar-refractivity contribution < 1.29 is 4.42 Å². The molecule has 1 aromatic carbocycles. The van der Waals surface area contributed by atoms with Crippen LogP contribution in [0.5, 0.6) is 0 Å². The number of hydrogen-bond acceptors (Lipinski definition) is 5. The SMILES string of the molecule is CC1CN(c2nnc(-c3cc4ccccc4o3)n2C)CCN(C2CCC2)C1. The average Bonchev–Trinajstić information content (AvgIpc) is 3.14. The van der Waals surface area contributed by atoms with Crippen molar-refractivity contribution in [3.05, 3.63) is 30.3 Å². The highest BCUT2D eigenvalue weighted by molar-refractivity contribution is 5.81. The molecule has 2 aliphatic rings. The fourth-order valence-electron chi connectivity index (χ4n) is 4.43. The number of hydrogen-bond donors (Lipinski definition) is 0. The van der Waals surface area contributed by atoms with Gasteiger partial charge in [-0.1, -0.05) is 31.5 Å². The summed E-state index contributed by atoms with van der Waals surface area (Å²) in [7, 11) is 2.04. The van der Waals surface area contributed by atoms with Gasteiger partial charge in [0.05, 0.1) is 0 Å². The van der Waals surface area contributed by atoms with Gasteiger partial charge in [0.2, 0.25) is 11.8 Å². The summed E-state index contributed by atoms with van der Waals surface area (Å²) in [5, 5.41) is 10.1. The van der Waals surface area contributed by atoms with Crippen LogP contribution in [0.3, 0.4) is 0 Å². The molecule has 6 heteroatoms. The highest BCUT2D eigenvalue weighted by Crippen LogP contribution is 2.30. The van der Waals surface area contributed by atoms with Gasteiger partial charge < -0.3 is 9.32 Å². The summed E-state index contributed by atoms with van der Waals surface area (Å²) >= 11 is 0. The second-order valence-corrected chi connectivity index (χ2v) is 8.16. The minimum Gasteiger partial charge on any atom is -0.453 e. The van der Waals surface area contributed by atoms with Crippen molar-refractivity contribution in [2.24, 2.45) is 13.0 Å². The molecule has 0 N–H and O–H groups in total. The maximum Gasteiger partial charge on any atom is 0.227 e. The number of anilines is 1. The van der Waals surface area contributed by atoms with Crippen LogP contribution in [0.1, 0.15) is 26.2 Å². The van der Waals surface area contributed by atoms with E-state index >= 15 is 0 Å². The topological polar surface area (TPSA) is 50.3 Å². The van der Waals surface area contributed by atoms with Crippen molar-refractivity contribution >= 4 is 16.9 Å². The van der Waals surface area contributed by atoms with Gasteiger partial charge in [0.25, 0.3) is 0 Å². The molecule has 2 fully saturated rings. The van der Waals surface area contributed by atoms with Gasteiger partial charge >= 0.3 is 0 Å². The highest BCUT2D eigenvalue weighted by Gasteiger charge is 2.30. The first kappa shape index (κ1) is 16.8. The van der Waals surface area contributed by atoms with Gasteiger partial charge in [-0.3, -0.25) is 9.47 Å². The predicted molar refractivity (Wildman–Crippen MR) is 107 cm³/mol. The Morgan fingerprint density at radius 3 is 2.70 bits per heavy atom. The number of fused-ring (bicyclic) bond motifs is 1. The Hall–Kier alpha value is -2.34. The van der Waals surface area contributed by atoms with Crippen LogP contribution in [0.2, 0.25) is 0 Å². The van der Waals surface area contributed by atoms with Gasteiger partial charge in [-0.15, -0.1) is 10.2 Å². The van der Waals surface area contributed by atoms with Gasteiger partial charge in [0.1, 0.15) is 5.58 Å². The van der Waals surface area contributed by atoms with Crippen LogP contribution in [0, 0.1) is 5.92 Å². The molecular weight excluding hydrogens is 338 g/mol. The Morgan fingerprint density at radius 1 is 1.07 bits per heavy atom. The van der Waals surface area contributed by atoms with E-state index in [1.807, 2.05) is 31.3 Å². The number of benzene rings is 1. The van der Waals surface area contributed by atoms with E-state index in [1.54, 1.807) is 0 Å². The van der Waals surface area contributed by atoms with Crippen LogP contribution in [0.15, 0.2) is 34.7 Å². The molecule has 1 atom stereocenters. The monoisotopic (exact) mass is 365 g/mol. The minimum absolute atomic E-state index is 0.624. The molecule has 27 heavy (non-hydrogen) atoms. The van der Waals surface area contributed by atoms with E-state index in [-0.39, 0.29) is 0 Å². The first-order valence-corrected chi connectivity index (χ1v) is 10.1. The van der Waals surface area contributed by atoms with Crippen LogP contribution in [-0.4, -0.2) is 51.9 Å². The molecule has 1 saturated carbocycles. The van der Waals surface area contributed by atoms with Crippen molar-refractivity contribution in [1.82, 2.24) is 19.7 Å². The first-order chi connectivity index (χ1) is 13.2. The molecule has 2 aromatic heterocycles. The summed E-state index contributed by atoms with van der Waals surface area (Å²) in [5.41, 5.74) is 0.886. The number of nitrogens with zero attached hydrogens (tertiary/aromatic N) is 5. The Morgan fingerprint density at radius 2 is 1.93 bits per heavy atom. The molecule has 1 aliphatic heterocycles. The summed E-state index contributed by atoms with van der Waals surface area (Å²) in [5.74, 6) is 3.12. The predicted octanol–water partition coefficient (Wildman–Crippen LogP) is 3.54. The Labute approximate surface area is 159 Å². The Balaban J connectivity index is 1.40. The lowest BCUT2D eigenvalue weighted by Gasteiger charge is -2.37. The molecule has 1 aliphatic carbocycles. The minimum atomic E-state index is 0.624. The van der Waals surface area contributed by atoms with E-state index in [2.05, 4.69) is 37.6 Å². The lowest BCUT2D eigenvalue weighted by Crippen LogP contribution is -2.43. The highest BCUT2D eigenvalue weighted by atomic mass is 16.3. The molecule has 0 spiro atoms. The van der Waals surface area contributed by atoms with Gasteiger partial charge in [-0.2, -0.15) is 0 Å². The zero-order chi connectivity index (χ0) is 18.4. The van der Waals surface area contributed by atoms with Crippen LogP contribution >= 0.6 is 0 Å². The van der Waals surface area contributed by atoms with Gasteiger partial charge in [0.15, 0.2) is 5.76 Å². The molecule has 1 saturated heterocycles. The number of furan rings is 1. The zero-order valence-corrected chi connectivity index (χ0v) is 16.1. The Kier molecular flexibility index (Phi) is 4.16. The molecule has 5 rings (SSSR count). The Bertz CT molecular complexity index is 908. The maximum absolute atomic E-state index is 6.00. The summed E-state index contributed by atoms with van der Waals surface area (Å²) in [4.78, 5) is 5.08. The second kappa shape index (κ2) is 6.68. The van der Waals surface area contributed by atoms with Crippen molar-refractivity contribution in [2.45, 2.75) is 32.2 Å². The fraction of sp³-hybridized carbons (Fsp3) is 0.524. The molecule has 0 bridgehead atoms. The second-order valence-electron chi connectivity index (χ2n) is 8.16. The largest absolute Gasteiger partial charge is 0.453 e. The van der Waals surface area contributed by atoms with E-state index in [0.29, 0.717) is 5.92 Å². The van der Waals surface area contributed by atoms with Crippen LogP contribution in [0.25, 0.3) is 22.6 Å². The zero-order valence-electron chi connectivity index (χ0n) is 16.1. The van der Waals surface area contributed by atoms with E-state index in [1.165, 1.54) is 25.8 Å². The van der Waals surface area contributed by atoms with Gasteiger partial charge in [-0.25, -0.2) is 0 Å². The van der Waals surface area contributed by atoms with Crippen molar-refractivity contribution in [3.63, 3.8) is 0 Å². The van der Waals surface area contributed by atoms with Crippen molar-refractivity contribution in [1.29, 1.82) is 0 Å². The van der Waals surface area contributed by atoms with Crippen LogP contribution in [-0.2, 0) is 7.05 Å². The molecule has 0 radical (unpaired) electrons. The number of rotatable bonds is 3. The molecule has 3 aromatic rings. The molecular formula is C21H27N5O. The van der Waals surface area contributed by atoms with Crippen molar-refractivity contribution in [2.75, 3.05) is 31.1 Å². The molecule has 6 nitrogen and oxygen atoms in total. The molecule has 0 amide bonds. The summed E-state index contributed by atoms with van der Waals surface area (Å²) < 4.78 is 8.07. The van der Waals surface area contributed by atoms with Crippen LogP contribution < -0.4 is 4.90 Å².